The van der Waals surface area contributed by atoms with Gasteiger partial charge in [0.2, 0.25) is 5.91 Å². The molecule has 0 saturated heterocycles. The summed E-state index contributed by atoms with van der Waals surface area (Å²) in [5, 5.41) is 14.2. The summed E-state index contributed by atoms with van der Waals surface area (Å²) in [4.78, 5) is 36.0. The van der Waals surface area contributed by atoms with Crippen molar-refractivity contribution in [3.63, 3.8) is 0 Å². The van der Waals surface area contributed by atoms with Crippen molar-refractivity contribution in [1.29, 1.82) is 0 Å². The molecule has 0 radical (unpaired) electrons. The molecule has 0 aliphatic heterocycles. The normalized spacial score (nSPS) is 12.3. The number of carbonyl (C=O) groups is 3. The maximum atomic E-state index is 12.4. The van der Waals surface area contributed by atoms with Crippen molar-refractivity contribution in [1.82, 2.24) is 16.1 Å². The van der Waals surface area contributed by atoms with E-state index in [9.17, 15) is 14.4 Å². The molecule has 0 heterocycles. The van der Waals surface area contributed by atoms with Gasteiger partial charge in [-0.25, -0.2) is 10.3 Å². The number of benzene rings is 2. The highest BCUT2D eigenvalue weighted by atomic mass is 16.5. The van der Waals surface area contributed by atoms with Crippen LogP contribution in [0.3, 0.4) is 0 Å². The highest BCUT2D eigenvalue weighted by Crippen LogP contribution is 2.05. The molecule has 6 N–H and O–H groups in total. The molecule has 0 aromatic heterocycles. The molecule has 0 unspecified atom stereocenters. The van der Waals surface area contributed by atoms with Crippen molar-refractivity contribution in [3.8, 4) is 0 Å². The third kappa shape index (κ3) is 9.15. The van der Waals surface area contributed by atoms with Crippen molar-refractivity contribution < 1.29 is 24.3 Å². The lowest BCUT2D eigenvalue weighted by molar-refractivity contribution is -0.135. The molecule has 3 amide bonds. The van der Waals surface area contributed by atoms with Crippen LogP contribution in [-0.4, -0.2) is 41.7 Å². The Morgan fingerprint density at radius 1 is 0.906 bits per heavy atom. The molecule has 2 atom stereocenters. The highest BCUT2D eigenvalue weighted by Gasteiger charge is 2.23. The third-order valence-corrected chi connectivity index (χ3v) is 4.78. The van der Waals surface area contributed by atoms with E-state index >= 15 is 0 Å². The number of amides is 3. The molecule has 0 saturated carbocycles. The van der Waals surface area contributed by atoms with E-state index in [-0.39, 0.29) is 13.0 Å². The summed E-state index contributed by atoms with van der Waals surface area (Å²) < 4.78 is 5.12. The first-order valence-electron chi connectivity index (χ1n) is 10.5. The van der Waals surface area contributed by atoms with E-state index in [1.54, 1.807) is 5.48 Å². The molecular weight excluding hydrogens is 412 g/mol. The van der Waals surface area contributed by atoms with Crippen molar-refractivity contribution in [2.24, 2.45) is 5.73 Å². The number of hydroxylamine groups is 1. The van der Waals surface area contributed by atoms with Crippen LogP contribution in [0.15, 0.2) is 60.7 Å². The van der Waals surface area contributed by atoms with Gasteiger partial charge >= 0.3 is 6.09 Å². The fourth-order valence-electron chi connectivity index (χ4n) is 3.02. The molecule has 0 aliphatic rings. The van der Waals surface area contributed by atoms with E-state index in [2.05, 4.69) is 10.6 Å². The molecule has 0 aliphatic carbocycles. The summed E-state index contributed by atoms with van der Waals surface area (Å²) in [5.74, 6) is -1.20. The van der Waals surface area contributed by atoms with E-state index in [0.29, 0.717) is 25.8 Å². The van der Waals surface area contributed by atoms with Crippen LogP contribution in [0.2, 0.25) is 0 Å². The molecule has 9 heteroatoms. The fourth-order valence-corrected chi connectivity index (χ4v) is 3.02. The number of rotatable bonds is 12. The van der Waals surface area contributed by atoms with Crippen LogP contribution in [0.1, 0.15) is 30.4 Å². The first-order chi connectivity index (χ1) is 15.5. The molecule has 172 valence electrons. The monoisotopic (exact) mass is 442 g/mol. The quantitative estimate of drug-likeness (QED) is 0.192. The summed E-state index contributed by atoms with van der Waals surface area (Å²) in [7, 11) is 0. The zero-order chi connectivity index (χ0) is 23.2. The van der Waals surface area contributed by atoms with Gasteiger partial charge in [-0.1, -0.05) is 60.7 Å². The van der Waals surface area contributed by atoms with Crippen LogP contribution >= 0.6 is 0 Å². The zero-order valence-corrected chi connectivity index (χ0v) is 17.8. The van der Waals surface area contributed by atoms with E-state index < -0.39 is 30.0 Å². The van der Waals surface area contributed by atoms with Crippen LogP contribution in [0.5, 0.6) is 0 Å². The van der Waals surface area contributed by atoms with E-state index in [1.807, 2.05) is 60.7 Å². The van der Waals surface area contributed by atoms with Gasteiger partial charge in [-0.2, -0.15) is 0 Å². The Morgan fingerprint density at radius 3 is 2.16 bits per heavy atom. The Bertz CT molecular complexity index is 848. The van der Waals surface area contributed by atoms with Gasteiger partial charge < -0.3 is 21.1 Å². The molecule has 2 rings (SSSR count). The third-order valence-electron chi connectivity index (χ3n) is 4.78. The Kier molecular flexibility index (Phi) is 10.7. The molecule has 2 aromatic rings. The maximum Gasteiger partial charge on any atom is 0.407 e. The summed E-state index contributed by atoms with van der Waals surface area (Å²) in [6.07, 6.45) is 1.15. The molecular formula is C23H30N4O5. The molecule has 32 heavy (non-hydrogen) atoms. The first-order valence-corrected chi connectivity index (χ1v) is 10.5. The largest absolute Gasteiger partial charge is 0.445 e. The number of unbranched alkanes of at least 4 members (excludes halogenated alkanes) is 1. The lowest BCUT2D eigenvalue weighted by Crippen LogP contribution is -2.51. The number of alkyl carbamates (subject to hydrolysis) is 1. The smallest absolute Gasteiger partial charge is 0.407 e. The number of carbonyl (C=O) groups excluding carboxylic acids is 3. The van der Waals surface area contributed by atoms with E-state index in [4.69, 9.17) is 15.7 Å². The predicted octanol–water partition coefficient (Wildman–Crippen LogP) is 1.64. The standard InChI is InChI=1S/C23H30N4O5/c24-19(15-17-9-3-1-4-10-17)21(28)26-20(22(29)27-31)13-7-8-14-25-23(30)32-16-18-11-5-2-6-12-18/h1-6,9-12,19-20,31H,7-8,13-16,24H2,(H,25,30)(H,26,28)(H,27,29)/t19-,20-/m0/s1. The average molecular weight is 443 g/mol. The fraction of sp³-hybridized carbons (Fsp3) is 0.348. The highest BCUT2D eigenvalue weighted by molar-refractivity contribution is 5.89. The molecule has 0 spiro atoms. The lowest BCUT2D eigenvalue weighted by Gasteiger charge is -2.19. The molecule has 0 fully saturated rings. The van der Waals surface area contributed by atoms with E-state index in [1.165, 1.54) is 0 Å². The van der Waals surface area contributed by atoms with Gasteiger partial charge in [0.05, 0.1) is 6.04 Å². The Labute approximate surface area is 187 Å². The minimum Gasteiger partial charge on any atom is -0.445 e. The lowest BCUT2D eigenvalue weighted by atomic mass is 10.0. The minimum absolute atomic E-state index is 0.181. The first kappa shape index (κ1) is 24.8. The van der Waals surface area contributed by atoms with Gasteiger partial charge in [-0.05, 0) is 36.8 Å². The van der Waals surface area contributed by atoms with Crippen molar-refractivity contribution in [2.45, 2.75) is 44.4 Å². The van der Waals surface area contributed by atoms with Crippen LogP contribution in [0.25, 0.3) is 0 Å². The minimum atomic E-state index is -0.931. The van der Waals surface area contributed by atoms with Gasteiger partial charge in [-0.3, -0.25) is 14.8 Å². The SMILES string of the molecule is N[C@@H](Cc1ccccc1)C(=O)N[C@@H](CCCCNC(=O)OCc1ccccc1)C(=O)NO. The molecule has 0 bridgehead atoms. The Morgan fingerprint density at radius 2 is 1.53 bits per heavy atom. The molecule has 2 aromatic carbocycles. The number of hydrogen-bond donors (Lipinski definition) is 5. The van der Waals surface area contributed by atoms with Crippen LogP contribution in [-0.2, 0) is 27.4 Å². The summed E-state index contributed by atoms with van der Waals surface area (Å²) in [5.41, 5.74) is 9.31. The van der Waals surface area contributed by atoms with Crippen molar-refractivity contribution in [2.75, 3.05) is 6.54 Å². The molecule has 9 nitrogen and oxygen atoms in total. The van der Waals surface area contributed by atoms with Crippen LogP contribution in [0, 0.1) is 0 Å². The van der Waals surface area contributed by atoms with Crippen molar-refractivity contribution >= 4 is 17.9 Å². The zero-order valence-electron chi connectivity index (χ0n) is 17.8. The summed E-state index contributed by atoms with van der Waals surface area (Å²) in [6, 6.07) is 16.9. The van der Waals surface area contributed by atoms with Crippen molar-refractivity contribution in [3.05, 3.63) is 71.8 Å². The Balaban J connectivity index is 1.68. The number of hydrogen-bond acceptors (Lipinski definition) is 6. The number of nitrogens with one attached hydrogen (secondary N) is 3. The summed E-state index contributed by atoms with van der Waals surface area (Å²) in [6.45, 7) is 0.531. The summed E-state index contributed by atoms with van der Waals surface area (Å²) >= 11 is 0. The number of ether oxygens (including phenoxy) is 1. The van der Waals surface area contributed by atoms with Gasteiger partial charge in [0.25, 0.3) is 5.91 Å². The predicted molar refractivity (Wildman–Crippen MR) is 118 cm³/mol. The number of nitrogens with two attached hydrogens (primary N) is 1. The second kappa shape index (κ2) is 13.8. The second-order valence-electron chi connectivity index (χ2n) is 7.32. The van der Waals surface area contributed by atoms with Gasteiger partial charge in [0.1, 0.15) is 12.6 Å². The van der Waals surface area contributed by atoms with Crippen LogP contribution < -0.4 is 21.8 Å². The van der Waals surface area contributed by atoms with Gasteiger partial charge in [0.15, 0.2) is 0 Å². The maximum absolute atomic E-state index is 12.4. The van der Waals surface area contributed by atoms with Gasteiger partial charge in [-0.15, -0.1) is 0 Å². The Hall–Kier alpha value is -3.43. The van der Waals surface area contributed by atoms with E-state index in [0.717, 1.165) is 11.1 Å². The van der Waals surface area contributed by atoms with Crippen LogP contribution in [0.4, 0.5) is 4.79 Å². The van der Waals surface area contributed by atoms with Gasteiger partial charge in [0, 0.05) is 6.54 Å². The average Bonchev–Trinajstić information content (AvgIpc) is 2.82. The second-order valence-corrected chi connectivity index (χ2v) is 7.32. The topological polar surface area (TPSA) is 143 Å².